The molecule has 0 saturated heterocycles. The van der Waals surface area contributed by atoms with Crippen molar-refractivity contribution in [2.75, 3.05) is 0 Å². The van der Waals surface area contributed by atoms with Crippen molar-refractivity contribution in [3.8, 4) is 0 Å². The molecule has 0 N–H and O–H groups in total. The Bertz CT molecular complexity index is 202. The maximum Gasteiger partial charge on any atom is -0.0205 e. The van der Waals surface area contributed by atoms with Gasteiger partial charge in [0.05, 0.1) is 0 Å². The number of fused-ring (bicyclic) bond motifs is 2. The quantitative estimate of drug-likeness (QED) is 0.520. The van der Waals surface area contributed by atoms with E-state index >= 15 is 0 Å². The van der Waals surface area contributed by atoms with Crippen LogP contribution in [-0.4, -0.2) is 0 Å². The van der Waals surface area contributed by atoms with Crippen LogP contribution in [0.15, 0.2) is 12.7 Å². The molecule has 0 radical (unpaired) electrons. The van der Waals surface area contributed by atoms with Gasteiger partial charge in [0, 0.05) is 0 Å². The van der Waals surface area contributed by atoms with Gasteiger partial charge in [-0.3, -0.25) is 0 Å². The third kappa shape index (κ3) is 0.841. The fourth-order valence-electron chi connectivity index (χ4n) is 3.50. The van der Waals surface area contributed by atoms with Crippen molar-refractivity contribution in [3.63, 3.8) is 0 Å². The summed E-state index contributed by atoms with van der Waals surface area (Å²) in [6.45, 7) is 11.2. The van der Waals surface area contributed by atoms with E-state index in [1.165, 1.54) is 12.8 Å². The van der Waals surface area contributed by atoms with Crippen molar-refractivity contribution in [1.29, 1.82) is 0 Å². The molecule has 3 aliphatic rings. The minimum atomic E-state index is 0.638. The van der Waals surface area contributed by atoms with E-state index < -0.39 is 0 Å². The predicted octanol–water partition coefficient (Wildman–Crippen LogP) is 3.49. The van der Waals surface area contributed by atoms with Gasteiger partial charge in [0.25, 0.3) is 0 Å². The molecule has 0 nitrogen and oxygen atoms in total. The van der Waals surface area contributed by atoms with E-state index in [4.69, 9.17) is 0 Å². The van der Waals surface area contributed by atoms with Gasteiger partial charge in [-0.2, -0.15) is 0 Å². The largest absolute Gasteiger partial charge is 0.103 e. The normalized spacial score (nSPS) is 49.6. The van der Waals surface area contributed by atoms with E-state index in [9.17, 15) is 0 Å². The van der Waals surface area contributed by atoms with E-state index in [-0.39, 0.29) is 0 Å². The number of rotatable bonds is 1. The maximum atomic E-state index is 3.94. The lowest BCUT2D eigenvalue weighted by atomic mass is 9.43. The Kier molecular flexibility index (Phi) is 1.65. The first-order chi connectivity index (χ1) is 5.57. The molecule has 0 heteroatoms. The van der Waals surface area contributed by atoms with Crippen molar-refractivity contribution < 1.29 is 0 Å². The molecule has 3 rings (SSSR count). The molecule has 0 heterocycles. The van der Waals surface area contributed by atoms with Crippen LogP contribution in [0.1, 0.15) is 33.6 Å². The third-order valence-electron chi connectivity index (χ3n) is 4.72. The molecule has 68 valence electrons. The summed E-state index contributed by atoms with van der Waals surface area (Å²) >= 11 is 0. The fourth-order valence-corrected chi connectivity index (χ4v) is 3.50. The molecule has 0 aromatic carbocycles. The lowest BCUT2D eigenvalue weighted by Gasteiger charge is -2.61. The second-order valence-electron chi connectivity index (χ2n) is 5.35. The first-order valence-corrected chi connectivity index (χ1v) is 5.20. The SMILES string of the molecule is C=CC1CC2CC(C1C)C2(C)C. The summed E-state index contributed by atoms with van der Waals surface area (Å²) in [5.41, 5.74) is 0.638. The fraction of sp³-hybridized carbons (Fsp3) is 0.833. The van der Waals surface area contributed by atoms with Crippen molar-refractivity contribution in [1.82, 2.24) is 0 Å². The number of hydrogen-bond acceptors (Lipinski definition) is 0. The van der Waals surface area contributed by atoms with Crippen LogP contribution < -0.4 is 0 Å². The van der Waals surface area contributed by atoms with Crippen LogP contribution in [0.3, 0.4) is 0 Å². The van der Waals surface area contributed by atoms with Gasteiger partial charge < -0.3 is 0 Å². The summed E-state index contributed by atoms with van der Waals surface area (Å²) in [7, 11) is 0. The highest BCUT2D eigenvalue weighted by molar-refractivity contribution is 5.07. The molecular weight excluding hydrogens is 144 g/mol. The van der Waals surface area contributed by atoms with Gasteiger partial charge in [0.1, 0.15) is 0 Å². The monoisotopic (exact) mass is 164 g/mol. The summed E-state index contributed by atoms with van der Waals surface area (Å²) < 4.78 is 0. The second kappa shape index (κ2) is 2.37. The molecule has 3 saturated carbocycles. The zero-order valence-electron chi connectivity index (χ0n) is 8.51. The van der Waals surface area contributed by atoms with Crippen LogP contribution in [0.25, 0.3) is 0 Å². The molecule has 0 aromatic rings. The lowest BCUT2D eigenvalue weighted by molar-refractivity contribution is -0.118. The zero-order valence-corrected chi connectivity index (χ0v) is 8.51. The predicted molar refractivity (Wildman–Crippen MR) is 52.8 cm³/mol. The third-order valence-corrected chi connectivity index (χ3v) is 4.72. The minimum absolute atomic E-state index is 0.638. The van der Waals surface area contributed by atoms with Crippen molar-refractivity contribution in [2.24, 2.45) is 29.1 Å². The molecule has 12 heavy (non-hydrogen) atoms. The zero-order chi connectivity index (χ0) is 8.93. The Balaban J connectivity index is 2.16. The van der Waals surface area contributed by atoms with Gasteiger partial charge in [-0.05, 0) is 41.9 Å². The molecule has 0 aromatic heterocycles. The van der Waals surface area contributed by atoms with Crippen LogP contribution >= 0.6 is 0 Å². The van der Waals surface area contributed by atoms with Gasteiger partial charge in [-0.1, -0.05) is 26.8 Å². The highest BCUT2D eigenvalue weighted by Gasteiger charge is 2.55. The van der Waals surface area contributed by atoms with E-state index in [1.54, 1.807) is 0 Å². The molecule has 4 unspecified atom stereocenters. The molecule has 3 aliphatic carbocycles. The Hall–Kier alpha value is -0.260. The first kappa shape index (κ1) is 8.34. The topological polar surface area (TPSA) is 0 Å². The Morgan fingerprint density at radius 3 is 2.42 bits per heavy atom. The van der Waals surface area contributed by atoms with Gasteiger partial charge in [-0.15, -0.1) is 6.58 Å². The molecule has 3 fully saturated rings. The Morgan fingerprint density at radius 2 is 2.00 bits per heavy atom. The van der Waals surface area contributed by atoms with Crippen LogP contribution in [0.4, 0.5) is 0 Å². The summed E-state index contributed by atoms with van der Waals surface area (Å²) in [4.78, 5) is 0. The smallest absolute Gasteiger partial charge is 0.0205 e. The summed E-state index contributed by atoms with van der Waals surface area (Å²) in [5, 5.41) is 0. The van der Waals surface area contributed by atoms with Gasteiger partial charge in [0.2, 0.25) is 0 Å². The average molecular weight is 164 g/mol. The highest BCUT2D eigenvalue weighted by atomic mass is 14.6. The average Bonchev–Trinajstić information content (AvgIpc) is 2.03. The molecule has 0 aliphatic heterocycles. The molecule has 4 atom stereocenters. The molecule has 0 amide bonds. The van der Waals surface area contributed by atoms with Crippen molar-refractivity contribution >= 4 is 0 Å². The summed E-state index contributed by atoms with van der Waals surface area (Å²) in [5.74, 6) is 3.64. The van der Waals surface area contributed by atoms with Gasteiger partial charge >= 0.3 is 0 Å². The molecular formula is C12H20. The number of allylic oxidation sites excluding steroid dienone is 1. The lowest BCUT2D eigenvalue weighted by Crippen LogP contribution is -2.54. The van der Waals surface area contributed by atoms with Crippen LogP contribution in [0.2, 0.25) is 0 Å². The van der Waals surface area contributed by atoms with Crippen LogP contribution in [-0.2, 0) is 0 Å². The van der Waals surface area contributed by atoms with E-state index in [2.05, 4.69) is 33.4 Å². The minimum Gasteiger partial charge on any atom is -0.103 e. The van der Waals surface area contributed by atoms with E-state index in [0.29, 0.717) is 5.41 Å². The number of hydrogen-bond donors (Lipinski definition) is 0. The van der Waals surface area contributed by atoms with E-state index in [1.807, 2.05) is 0 Å². The second-order valence-corrected chi connectivity index (χ2v) is 5.35. The standard InChI is InChI=1S/C12H20/c1-5-9-6-10-7-11(8(9)2)12(10,3)4/h5,8-11H,1,6-7H2,2-4H3. The maximum absolute atomic E-state index is 3.94. The van der Waals surface area contributed by atoms with Gasteiger partial charge in [0.15, 0.2) is 0 Å². The summed E-state index contributed by atoms with van der Waals surface area (Å²) in [6, 6.07) is 0. The highest BCUT2D eigenvalue weighted by Crippen LogP contribution is 2.62. The van der Waals surface area contributed by atoms with Crippen LogP contribution in [0, 0.1) is 29.1 Å². The molecule has 2 bridgehead atoms. The van der Waals surface area contributed by atoms with Crippen molar-refractivity contribution in [3.05, 3.63) is 12.7 Å². The van der Waals surface area contributed by atoms with Crippen molar-refractivity contribution in [2.45, 2.75) is 33.6 Å². The summed E-state index contributed by atoms with van der Waals surface area (Å²) in [6.07, 6.45) is 5.06. The first-order valence-electron chi connectivity index (χ1n) is 5.20. The van der Waals surface area contributed by atoms with Gasteiger partial charge in [-0.25, -0.2) is 0 Å². The molecule has 0 spiro atoms. The Morgan fingerprint density at radius 1 is 1.33 bits per heavy atom. The van der Waals surface area contributed by atoms with Crippen LogP contribution in [0.5, 0.6) is 0 Å². The Labute approximate surface area is 76.1 Å². The van der Waals surface area contributed by atoms with E-state index in [0.717, 1.165) is 23.7 Å².